The molecule has 1 aliphatic heterocycles. The number of H-pyrrole nitrogens is 1. The van der Waals surface area contributed by atoms with Crippen molar-refractivity contribution in [2.24, 2.45) is 0 Å². The van der Waals surface area contributed by atoms with E-state index in [4.69, 9.17) is 0 Å². The summed E-state index contributed by atoms with van der Waals surface area (Å²) in [4.78, 5) is 35.7. The summed E-state index contributed by atoms with van der Waals surface area (Å²) < 4.78 is 0. The largest absolute Gasteiger partial charge is 0.346 e. The molecular weight excluding hydrogens is 406 g/mol. The number of nitrogens with one attached hydrogen (secondary N) is 3. The van der Waals surface area contributed by atoms with Gasteiger partial charge in [-0.15, -0.1) is 0 Å². The fraction of sp³-hybridized carbons (Fsp3) is 0.174. The molecule has 0 atom stereocenters. The lowest BCUT2D eigenvalue weighted by Gasteiger charge is -2.29. The number of pyridine rings is 2. The van der Waals surface area contributed by atoms with Crippen molar-refractivity contribution in [1.29, 1.82) is 0 Å². The van der Waals surface area contributed by atoms with Crippen LogP contribution >= 0.6 is 0 Å². The Bertz CT molecular complexity index is 1290. The van der Waals surface area contributed by atoms with Crippen LogP contribution in [0.3, 0.4) is 0 Å². The Morgan fingerprint density at radius 2 is 2.03 bits per heavy atom. The van der Waals surface area contributed by atoms with Gasteiger partial charge in [-0.05, 0) is 47.9 Å². The fourth-order valence-corrected chi connectivity index (χ4v) is 3.84. The summed E-state index contributed by atoms with van der Waals surface area (Å²) in [7, 11) is 0. The third-order valence-electron chi connectivity index (χ3n) is 5.49. The minimum Gasteiger partial charge on any atom is -0.346 e. The molecule has 32 heavy (non-hydrogen) atoms. The molecule has 0 bridgehead atoms. The summed E-state index contributed by atoms with van der Waals surface area (Å²) in [6, 6.07) is 12.2. The van der Waals surface area contributed by atoms with E-state index in [-0.39, 0.29) is 11.9 Å². The molecule has 0 aliphatic carbocycles. The van der Waals surface area contributed by atoms with Gasteiger partial charge in [-0.3, -0.25) is 14.9 Å². The molecule has 160 valence electrons. The first kappa shape index (κ1) is 19.7. The molecule has 1 aromatic carbocycles. The van der Waals surface area contributed by atoms with Crippen molar-refractivity contribution in [3.63, 3.8) is 0 Å². The SMILES string of the molecule is O=C(NCc1ccccn1)c1cccc(NC(=O)N2CCc3c(cnc4[nH]ncc34)C2)c1. The second kappa shape index (κ2) is 8.46. The van der Waals surface area contributed by atoms with Crippen LogP contribution in [0.5, 0.6) is 0 Å². The average molecular weight is 427 g/mol. The number of anilines is 1. The Labute approximate surface area is 183 Å². The highest BCUT2D eigenvalue weighted by atomic mass is 16.2. The van der Waals surface area contributed by atoms with Crippen molar-refractivity contribution in [2.75, 3.05) is 11.9 Å². The maximum atomic E-state index is 12.8. The molecule has 0 spiro atoms. The second-order valence-corrected chi connectivity index (χ2v) is 7.58. The number of benzene rings is 1. The predicted octanol–water partition coefficient (Wildman–Crippen LogP) is 2.87. The van der Waals surface area contributed by atoms with Crippen LogP contribution in [0.2, 0.25) is 0 Å². The predicted molar refractivity (Wildman–Crippen MR) is 119 cm³/mol. The van der Waals surface area contributed by atoms with Gasteiger partial charge < -0.3 is 15.5 Å². The Hall–Kier alpha value is -4.27. The number of carbonyl (C=O) groups is 2. The highest BCUT2D eigenvalue weighted by Crippen LogP contribution is 2.25. The zero-order valence-electron chi connectivity index (χ0n) is 17.2. The zero-order chi connectivity index (χ0) is 21.9. The number of hydrogen-bond acceptors (Lipinski definition) is 5. The molecule has 9 heteroatoms. The molecule has 4 aromatic rings. The van der Waals surface area contributed by atoms with Gasteiger partial charge in [0.2, 0.25) is 0 Å². The van der Waals surface area contributed by atoms with E-state index in [1.165, 1.54) is 5.56 Å². The number of aromatic nitrogens is 4. The molecule has 3 amide bonds. The molecule has 9 nitrogen and oxygen atoms in total. The molecule has 0 saturated heterocycles. The number of hydrogen-bond donors (Lipinski definition) is 3. The van der Waals surface area contributed by atoms with Gasteiger partial charge in [0.15, 0.2) is 5.65 Å². The first-order valence-electron chi connectivity index (χ1n) is 10.3. The number of fused-ring (bicyclic) bond motifs is 3. The third kappa shape index (κ3) is 4.00. The van der Waals surface area contributed by atoms with Gasteiger partial charge in [-0.25, -0.2) is 9.78 Å². The molecular formula is C23H21N7O2. The van der Waals surface area contributed by atoms with Gasteiger partial charge in [0, 0.05) is 42.1 Å². The topological polar surface area (TPSA) is 116 Å². The summed E-state index contributed by atoms with van der Waals surface area (Å²) in [6.07, 6.45) is 5.99. The van der Waals surface area contributed by atoms with Crippen molar-refractivity contribution >= 4 is 28.7 Å². The van der Waals surface area contributed by atoms with Gasteiger partial charge in [0.05, 0.1) is 18.4 Å². The lowest BCUT2D eigenvalue weighted by Crippen LogP contribution is -2.39. The molecule has 0 unspecified atom stereocenters. The summed E-state index contributed by atoms with van der Waals surface area (Å²) in [5.41, 5.74) is 4.77. The fourth-order valence-electron chi connectivity index (χ4n) is 3.84. The number of rotatable bonds is 4. The Balaban J connectivity index is 1.23. The molecule has 0 saturated carbocycles. The molecule has 3 aromatic heterocycles. The number of urea groups is 1. The van der Waals surface area contributed by atoms with Crippen molar-refractivity contribution < 1.29 is 9.59 Å². The quantitative estimate of drug-likeness (QED) is 0.463. The van der Waals surface area contributed by atoms with Gasteiger partial charge in [0.1, 0.15) is 0 Å². The first-order valence-corrected chi connectivity index (χ1v) is 10.3. The Morgan fingerprint density at radius 1 is 1.09 bits per heavy atom. The maximum Gasteiger partial charge on any atom is 0.322 e. The van der Waals surface area contributed by atoms with Crippen LogP contribution in [0.15, 0.2) is 61.1 Å². The van der Waals surface area contributed by atoms with Crippen LogP contribution < -0.4 is 10.6 Å². The van der Waals surface area contributed by atoms with E-state index in [2.05, 4.69) is 30.8 Å². The summed E-state index contributed by atoms with van der Waals surface area (Å²) in [6.45, 7) is 1.40. The lowest BCUT2D eigenvalue weighted by atomic mass is 9.99. The minimum absolute atomic E-state index is 0.214. The van der Waals surface area contributed by atoms with E-state index < -0.39 is 0 Å². The van der Waals surface area contributed by atoms with Crippen molar-refractivity contribution in [1.82, 2.24) is 30.4 Å². The van der Waals surface area contributed by atoms with E-state index in [0.29, 0.717) is 30.9 Å². The van der Waals surface area contributed by atoms with E-state index in [1.807, 2.05) is 18.2 Å². The standard InChI is InChI=1S/C23H21N7O2/c31-22(26-12-18-5-1-2-8-24-18)15-4-3-6-17(10-15)28-23(32)30-9-7-19-16(14-30)11-25-21-20(19)13-27-29-21/h1-6,8,10-11,13H,7,9,12,14H2,(H,26,31)(H,28,32)(H,25,27,29). The summed E-state index contributed by atoms with van der Waals surface area (Å²) in [5.74, 6) is -0.228. The van der Waals surface area contributed by atoms with Gasteiger partial charge in [-0.2, -0.15) is 5.10 Å². The van der Waals surface area contributed by atoms with Crippen molar-refractivity contribution in [2.45, 2.75) is 19.5 Å². The number of amides is 3. The smallest absolute Gasteiger partial charge is 0.322 e. The normalized spacial score (nSPS) is 12.9. The number of nitrogens with zero attached hydrogens (tertiary/aromatic N) is 4. The van der Waals surface area contributed by atoms with Crippen LogP contribution in [0, 0.1) is 0 Å². The minimum atomic E-state index is -0.228. The first-order chi connectivity index (χ1) is 15.7. The van der Waals surface area contributed by atoms with Crippen LogP contribution in [0.4, 0.5) is 10.5 Å². The maximum absolute atomic E-state index is 12.8. The number of aromatic amines is 1. The van der Waals surface area contributed by atoms with Crippen LogP contribution in [0.1, 0.15) is 27.2 Å². The monoisotopic (exact) mass is 427 g/mol. The molecule has 5 rings (SSSR count). The van der Waals surface area contributed by atoms with Gasteiger partial charge in [0.25, 0.3) is 5.91 Å². The third-order valence-corrected chi connectivity index (χ3v) is 5.49. The van der Waals surface area contributed by atoms with E-state index in [1.54, 1.807) is 47.8 Å². The van der Waals surface area contributed by atoms with E-state index in [9.17, 15) is 9.59 Å². The molecule has 3 N–H and O–H groups in total. The molecule has 1 aliphatic rings. The van der Waals surface area contributed by atoms with Crippen LogP contribution in [-0.4, -0.2) is 43.5 Å². The van der Waals surface area contributed by atoms with Gasteiger partial charge in [-0.1, -0.05) is 12.1 Å². The van der Waals surface area contributed by atoms with E-state index in [0.717, 1.165) is 28.7 Å². The molecule has 0 radical (unpaired) electrons. The lowest BCUT2D eigenvalue weighted by molar-refractivity contribution is 0.0950. The van der Waals surface area contributed by atoms with Gasteiger partial charge >= 0.3 is 6.03 Å². The molecule has 4 heterocycles. The zero-order valence-corrected chi connectivity index (χ0v) is 17.2. The molecule has 0 fully saturated rings. The Morgan fingerprint density at radius 3 is 2.91 bits per heavy atom. The van der Waals surface area contributed by atoms with E-state index >= 15 is 0 Å². The second-order valence-electron chi connectivity index (χ2n) is 7.58. The number of carbonyl (C=O) groups excluding carboxylic acids is 2. The average Bonchev–Trinajstić information content (AvgIpc) is 3.32. The van der Waals surface area contributed by atoms with Crippen LogP contribution in [0.25, 0.3) is 11.0 Å². The highest BCUT2D eigenvalue weighted by Gasteiger charge is 2.23. The highest BCUT2D eigenvalue weighted by molar-refractivity contribution is 5.97. The Kier molecular flexibility index (Phi) is 5.20. The van der Waals surface area contributed by atoms with Crippen LogP contribution in [-0.2, 0) is 19.5 Å². The van der Waals surface area contributed by atoms with Crippen molar-refractivity contribution in [3.8, 4) is 0 Å². The van der Waals surface area contributed by atoms with Crippen molar-refractivity contribution in [3.05, 3.63) is 83.4 Å². The summed E-state index contributed by atoms with van der Waals surface area (Å²) in [5, 5.41) is 13.7. The summed E-state index contributed by atoms with van der Waals surface area (Å²) >= 11 is 0.